The van der Waals surface area contributed by atoms with Gasteiger partial charge in [0.15, 0.2) is 11.5 Å². The summed E-state index contributed by atoms with van der Waals surface area (Å²) in [5.41, 5.74) is 4.25. The average Bonchev–Trinajstić information content (AvgIpc) is 3.30. The molecule has 7 nitrogen and oxygen atoms in total. The summed E-state index contributed by atoms with van der Waals surface area (Å²) < 4.78 is 11.0. The van der Waals surface area contributed by atoms with Crippen molar-refractivity contribution in [2.45, 2.75) is 25.4 Å². The second-order valence-corrected chi connectivity index (χ2v) is 7.75. The molecule has 2 N–H and O–H groups in total. The predicted molar refractivity (Wildman–Crippen MR) is 109 cm³/mol. The molecule has 2 atom stereocenters. The number of amides is 1. The number of H-pyrrole nitrogens is 1. The van der Waals surface area contributed by atoms with E-state index in [-0.39, 0.29) is 32.8 Å². The lowest BCUT2D eigenvalue weighted by Gasteiger charge is -2.41. The summed E-state index contributed by atoms with van der Waals surface area (Å²) in [4.78, 5) is 18.5. The molecule has 3 aromatic rings. The second kappa shape index (κ2) is 6.79. The Labute approximate surface area is 169 Å². The van der Waals surface area contributed by atoms with Gasteiger partial charge in [-0.25, -0.2) is 0 Å². The quantitative estimate of drug-likeness (QED) is 0.665. The Morgan fingerprint density at radius 3 is 2.90 bits per heavy atom. The number of rotatable bonds is 3. The van der Waals surface area contributed by atoms with Crippen LogP contribution in [0.5, 0.6) is 11.5 Å². The second-order valence-electron chi connectivity index (χ2n) is 7.75. The van der Waals surface area contributed by atoms with Crippen LogP contribution in [0, 0.1) is 0 Å². The van der Waals surface area contributed by atoms with Crippen LogP contribution in [0.4, 0.5) is 0 Å². The maximum absolute atomic E-state index is 13.1. The monoisotopic (exact) mass is 395 g/mol. The molecular formula is C22H25N3O4. The number of ether oxygens (including phenoxy) is 2. The molecule has 0 saturated heterocycles. The summed E-state index contributed by atoms with van der Waals surface area (Å²) in [6, 6.07) is 13.7. The Bertz CT molecular complexity index is 1100. The molecule has 3 heterocycles. The maximum Gasteiger partial charge on any atom is 0.240 e. The molecule has 0 fully saturated rings. The average molecular weight is 395 g/mol. The number of hydrogen-bond donors (Lipinski definition) is 2. The van der Waals surface area contributed by atoms with Crippen molar-refractivity contribution >= 4 is 16.8 Å². The SMILES string of the molecule is C[C@H]1Cc2c([nH]c3ccccc23)[C@@H](c2ccc3c(c2)OCO3)N1C(=O)CN(C)O.[HH]. The lowest BCUT2D eigenvalue weighted by Crippen LogP contribution is -2.49. The molecule has 0 unspecified atom stereocenters. The predicted octanol–water partition coefficient (Wildman–Crippen LogP) is 3.33. The lowest BCUT2D eigenvalue weighted by molar-refractivity contribution is -0.147. The van der Waals surface area contributed by atoms with Crippen molar-refractivity contribution in [3.63, 3.8) is 0 Å². The van der Waals surface area contributed by atoms with Gasteiger partial charge < -0.3 is 24.6 Å². The van der Waals surface area contributed by atoms with E-state index >= 15 is 0 Å². The van der Waals surface area contributed by atoms with Gasteiger partial charge in [-0.1, -0.05) is 24.3 Å². The Balaban J connectivity index is 0.00000218. The fourth-order valence-electron chi connectivity index (χ4n) is 4.54. The van der Waals surface area contributed by atoms with Gasteiger partial charge in [-0.2, -0.15) is 5.06 Å². The van der Waals surface area contributed by atoms with E-state index in [0.29, 0.717) is 11.5 Å². The van der Waals surface area contributed by atoms with Crippen LogP contribution in [0.3, 0.4) is 0 Å². The summed E-state index contributed by atoms with van der Waals surface area (Å²) in [7, 11) is 1.48. The number of aromatic nitrogens is 1. The minimum atomic E-state index is -0.303. The number of hydroxylamine groups is 2. The zero-order chi connectivity index (χ0) is 20.1. The van der Waals surface area contributed by atoms with E-state index in [9.17, 15) is 10.0 Å². The molecule has 1 amide bonds. The van der Waals surface area contributed by atoms with Crippen molar-refractivity contribution in [1.29, 1.82) is 0 Å². The molecule has 7 heteroatoms. The van der Waals surface area contributed by atoms with Crippen LogP contribution in [-0.4, -0.2) is 52.5 Å². The summed E-state index contributed by atoms with van der Waals surface area (Å²) in [5, 5.41) is 11.8. The van der Waals surface area contributed by atoms with E-state index in [1.807, 2.05) is 35.2 Å². The van der Waals surface area contributed by atoms with E-state index in [1.54, 1.807) is 0 Å². The number of para-hydroxylation sites is 1. The fraction of sp³-hybridized carbons (Fsp3) is 0.318. The molecule has 0 spiro atoms. The van der Waals surface area contributed by atoms with Crippen LogP contribution >= 0.6 is 0 Å². The smallest absolute Gasteiger partial charge is 0.240 e. The van der Waals surface area contributed by atoms with Crippen molar-refractivity contribution in [3.8, 4) is 11.5 Å². The van der Waals surface area contributed by atoms with E-state index in [2.05, 4.69) is 24.0 Å². The molecular weight excluding hydrogens is 370 g/mol. The van der Waals surface area contributed by atoms with Crippen molar-refractivity contribution < 1.29 is 20.9 Å². The number of fused-ring (bicyclic) bond motifs is 4. The Morgan fingerprint density at radius 1 is 1.28 bits per heavy atom. The van der Waals surface area contributed by atoms with Gasteiger partial charge >= 0.3 is 0 Å². The number of carbonyl (C=O) groups excluding carboxylic acids is 1. The van der Waals surface area contributed by atoms with Gasteiger partial charge in [-0.3, -0.25) is 4.79 Å². The van der Waals surface area contributed by atoms with Gasteiger partial charge in [-0.15, -0.1) is 0 Å². The molecule has 1 aromatic heterocycles. The summed E-state index contributed by atoms with van der Waals surface area (Å²) >= 11 is 0. The molecule has 0 saturated carbocycles. The summed E-state index contributed by atoms with van der Waals surface area (Å²) in [6.07, 6.45) is 0.751. The normalized spacial score (nSPS) is 20.3. The number of nitrogens with zero attached hydrogens (tertiary/aromatic N) is 2. The molecule has 29 heavy (non-hydrogen) atoms. The van der Waals surface area contributed by atoms with E-state index in [1.165, 1.54) is 18.0 Å². The van der Waals surface area contributed by atoms with Crippen LogP contribution in [0.25, 0.3) is 10.9 Å². The largest absolute Gasteiger partial charge is 0.454 e. The van der Waals surface area contributed by atoms with Crippen molar-refractivity contribution in [2.24, 2.45) is 0 Å². The van der Waals surface area contributed by atoms with Gasteiger partial charge in [0.05, 0.1) is 6.04 Å². The molecule has 2 aliphatic heterocycles. The minimum Gasteiger partial charge on any atom is -0.454 e. The number of nitrogens with one attached hydrogen (secondary N) is 1. The molecule has 2 aromatic carbocycles. The molecule has 0 radical (unpaired) electrons. The van der Waals surface area contributed by atoms with Gasteiger partial charge in [-0.05, 0) is 42.7 Å². The Hall–Kier alpha value is -3.03. The van der Waals surface area contributed by atoms with Gasteiger partial charge in [0, 0.05) is 31.1 Å². The van der Waals surface area contributed by atoms with Crippen molar-refractivity contribution in [2.75, 3.05) is 20.4 Å². The number of hydrogen-bond acceptors (Lipinski definition) is 5. The Kier molecular flexibility index (Phi) is 4.22. The molecule has 0 aliphatic carbocycles. The Morgan fingerprint density at radius 2 is 2.07 bits per heavy atom. The molecule has 152 valence electrons. The minimum absolute atomic E-state index is 0. The van der Waals surface area contributed by atoms with Gasteiger partial charge in [0.2, 0.25) is 12.7 Å². The number of benzene rings is 2. The van der Waals surface area contributed by atoms with E-state index in [4.69, 9.17) is 9.47 Å². The van der Waals surface area contributed by atoms with Crippen LogP contribution in [0.2, 0.25) is 0 Å². The number of aromatic amines is 1. The molecule has 0 bridgehead atoms. The first-order valence-corrected chi connectivity index (χ1v) is 9.73. The third-order valence-corrected chi connectivity index (χ3v) is 5.74. The van der Waals surface area contributed by atoms with Gasteiger partial charge in [0.25, 0.3) is 0 Å². The third-order valence-electron chi connectivity index (χ3n) is 5.74. The first kappa shape index (κ1) is 18.0. The van der Waals surface area contributed by atoms with E-state index < -0.39 is 0 Å². The first-order valence-electron chi connectivity index (χ1n) is 9.73. The standard InChI is InChI=1S/C22H23N3O4.H2/c1-13-9-16-15-5-3-4-6-17(15)23-21(16)22(25(13)20(26)11-24(2)27)14-7-8-18-19(10-14)29-12-28-18;/h3-8,10,13,22-23,27H,9,11-12H2,1-2H3;1H/t13-,22+;/m0./s1. The highest BCUT2D eigenvalue weighted by molar-refractivity contribution is 5.87. The summed E-state index contributed by atoms with van der Waals surface area (Å²) in [6.45, 7) is 2.19. The summed E-state index contributed by atoms with van der Waals surface area (Å²) in [5.74, 6) is 1.27. The molecule has 2 aliphatic rings. The van der Waals surface area contributed by atoms with Crippen LogP contribution in [0.15, 0.2) is 42.5 Å². The van der Waals surface area contributed by atoms with Crippen molar-refractivity contribution in [3.05, 3.63) is 59.3 Å². The topological polar surface area (TPSA) is 78.0 Å². The highest BCUT2D eigenvalue weighted by Crippen LogP contribution is 2.43. The third kappa shape index (κ3) is 2.94. The first-order chi connectivity index (χ1) is 14.0. The maximum atomic E-state index is 13.1. The van der Waals surface area contributed by atoms with Crippen LogP contribution < -0.4 is 9.47 Å². The highest BCUT2D eigenvalue weighted by atomic mass is 16.7. The van der Waals surface area contributed by atoms with Gasteiger partial charge in [0.1, 0.15) is 6.54 Å². The number of carbonyl (C=O) groups is 1. The van der Waals surface area contributed by atoms with E-state index in [0.717, 1.165) is 28.3 Å². The van der Waals surface area contributed by atoms with Crippen LogP contribution in [0.1, 0.15) is 31.2 Å². The lowest BCUT2D eigenvalue weighted by atomic mass is 9.88. The number of likely N-dealkylation sites (N-methyl/N-ethyl adjacent to an activating group) is 1. The van der Waals surface area contributed by atoms with Crippen LogP contribution in [-0.2, 0) is 11.2 Å². The zero-order valence-electron chi connectivity index (χ0n) is 16.4. The highest BCUT2D eigenvalue weighted by Gasteiger charge is 2.39. The zero-order valence-corrected chi connectivity index (χ0v) is 16.4. The fourth-order valence-corrected chi connectivity index (χ4v) is 4.54. The molecule has 5 rings (SSSR count). The van der Waals surface area contributed by atoms with Crippen molar-refractivity contribution in [1.82, 2.24) is 14.9 Å².